The van der Waals surface area contributed by atoms with Crippen LogP contribution in [-0.4, -0.2) is 24.7 Å². The molecule has 2 aromatic carbocycles. The Kier molecular flexibility index (Phi) is 5.85. The molecule has 0 spiro atoms. The van der Waals surface area contributed by atoms with Crippen molar-refractivity contribution in [2.75, 3.05) is 10.6 Å². The van der Waals surface area contributed by atoms with E-state index in [9.17, 15) is 4.39 Å². The van der Waals surface area contributed by atoms with Gasteiger partial charge in [-0.05, 0) is 36.3 Å². The second kappa shape index (κ2) is 8.87. The molecule has 0 aliphatic carbocycles. The summed E-state index contributed by atoms with van der Waals surface area (Å²) < 4.78 is 17.3. The number of benzene rings is 2. The first-order valence-corrected chi connectivity index (χ1v) is 9.90. The molecule has 6 nitrogen and oxygen atoms in total. The third kappa shape index (κ3) is 4.90. The number of hydrogen-bond acceptors (Lipinski definition) is 3. The lowest BCUT2D eigenvalue weighted by molar-refractivity contribution is 0.586. The monoisotopic (exact) mass is 420 g/mol. The zero-order chi connectivity index (χ0) is 20.9. The molecule has 0 unspecified atom stereocenters. The minimum Gasteiger partial charge on any atom is -0.316 e. The van der Waals surface area contributed by atoms with Crippen LogP contribution in [0.2, 0.25) is 0 Å². The van der Waals surface area contributed by atoms with Crippen LogP contribution in [0.25, 0.3) is 0 Å². The molecule has 0 fully saturated rings. The van der Waals surface area contributed by atoms with Crippen LogP contribution in [0.1, 0.15) is 16.7 Å². The van der Waals surface area contributed by atoms with Gasteiger partial charge in [0.05, 0.1) is 13.1 Å². The number of hydrogen-bond donors (Lipinski definition) is 2. The van der Waals surface area contributed by atoms with Gasteiger partial charge in [0.1, 0.15) is 5.82 Å². The topological polar surface area (TPSA) is 59.7 Å². The van der Waals surface area contributed by atoms with Crippen LogP contribution in [0.3, 0.4) is 0 Å². The number of thiocarbonyl (C=S) groups is 1. The molecule has 0 amide bonds. The largest absolute Gasteiger partial charge is 0.316 e. The lowest BCUT2D eigenvalue weighted by Crippen LogP contribution is -2.20. The first kappa shape index (κ1) is 19.8. The second-order valence-corrected chi connectivity index (χ2v) is 7.30. The molecular weight excluding hydrogens is 399 g/mol. The van der Waals surface area contributed by atoms with E-state index in [1.165, 1.54) is 17.2 Å². The van der Waals surface area contributed by atoms with Gasteiger partial charge in [0.2, 0.25) is 0 Å². The van der Waals surface area contributed by atoms with Crippen molar-refractivity contribution in [2.24, 2.45) is 0 Å². The Morgan fingerprint density at radius 2 is 1.37 bits per heavy atom. The van der Waals surface area contributed by atoms with E-state index in [1.807, 2.05) is 29.1 Å². The van der Waals surface area contributed by atoms with Crippen LogP contribution in [-0.2, 0) is 13.1 Å². The number of aromatic nitrogens is 4. The Hall–Kier alpha value is -3.52. The van der Waals surface area contributed by atoms with E-state index in [0.717, 1.165) is 0 Å². The highest BCUT2D eigenvalue weighted by Gasteiger charge is 2.07. The van der Waals surface area contributed by atoms with Gasteiger partial charge in [0.25, 0.3) is 0 Å². The molecule has 8 heteroatoms. The average Bonchev–Trinajstić information content (AvgIpc) is 3.35. The summed E-state index contributed by atoms with van der Waals surface area (Å²) in [5.74, 6) is 0.969. The third-order valence-electron chi connectivity index (χ3n) is 4.65. The van der Waals surface area contributed by atoms with Crippen LogP contribution in [0, 0.1) is 12.7 Å². The molecule has 2 aromatic heterocycles. The molecule has 0 atom stereocenters. The van der Waals surface area contributed by atoms with Crippen LogP contribution in [0.5, 0.6) is 0 Å². The predicted octanol–water partition coefficient (Wildman–Crippen LogP) is 4.43. The summed E-state index contributed by atoms with van der Waals surface area (Å²) in [5, 5.41) is 15.4. The first-order valence-electron chi connectivity index (χ1n) is 9.49. The molecule has 0 saturated heterocycles. The highest BCUT2D eigenvalue weighted by Crippen LogP contribution is 2.12. The van der Waals surface area contributed by atoms with Gasteiger partial charge in [0, 0.05) is 30.1 Å². The molecular formula is C22H21FN6S. The normalized spacial score (nSPS) is 10.7. The van der Waals surface area contributed by atoms with Crippen molar-refractivity contribution in [2.45, 2.75) is 20.0 Å². The molecule has 4 aromatic rings. The molecule has 152 valence electrons. The summed E-state index contributed by atoms with van der Waals surface area (Å²) in [6, 6.07) is 18.5. The van der Waals surface area contributed by atoms with Crippen molar-refractivity contribution in [1.29, 1.82) is 0 Å². The Morgan fingerprint density at radius 1 is 0.833 bits per heavy atom. The Morgan fingerprint density at radius 3 is 1.97 bits per heavy atom. The molecule has 4 rings (SSSR count). The van der Waals surface area contributed by atoms with E-state index < -0.39 is 0 Å². The molecule has 0 aliphatic rings. The molecule has 2 N–H and O–H groups in total. The summed E-state index contributed by atoms with van der Waals surface area (Å²) in [4.78, 5) is 0. The fourth-order valence-electron chi connectivity index (χ4n) is 3.06. The van der Waals surface area contributed by atoms with Gasteiger partial charge in [-0.2, -0.15) is 10.2 Å². The Balaban J connectivity index is 1.33. The number of halogens is 1. The number of aryl methyl sites for hydroxylation is 1. The fraction of sp³-hybridized carbons (Fsp3) is 0.136. The fourth-order valence-corrected chi connectivity index (χ4v) is 3.27. The Bertz CT molecular complexity index is 1080. The molecule has 30 heavy (non-hydrogen) atoms. The maximum Gasteiger partial charge on any atom is 0.177 e. The minimum absolute atomic E-state index is 0.249. The van der Waals surface area contributed by atoms with Gasteiger partial charge in [-0.3, -0.25) is 9.36 Å². The smallest absolute Gasteiger partial charge is 0.177 e. The molecule has 0 radical (unpaired) electrons. The Labute approximate surface area is 179 Å². The average molecular weight is 421 g/mol. The van der Waals surface area contributed by atoms with Gasteiger partial charge in [0.15, 0.2) is 16.7 Å². The summed E-state index contributed by atoms with van der Waals surface area (Å²) in [6.07, 6.45) is 3.68. The quantitative estimate of drug-likeness (QED) is 0.452. The van der Waals surface area contributed by atoms with Crippen molar-refractivity contribution in [3.8, 4) is 0 Å². The van der Waals surface area contributed by atoms with E-state index in [1.54, 1.807) is 35.1 Å². The van der Waals surface area contributed by atoms with Gasteiger partial charge < -0.3 is 10.6 Å². The van der Waals surface area contributed by atoms with Crippen LogP contribution >= 0.6 is 12.2 Å². The molecule has 0 aliphatic heterocycles. The van der Waals surface area contributed by atoms with Gasteiger partial charge in [-0.15, -0.1) is 0 Å². The third-order valence-corrected chi connectivity index (χ3v) is 4.85. The van der Waals surface area contributed by atoms with Crippen molar-refractivity contribution < 1.29 is 4.39 Å². The number of nitrogens with zero attached hydrogens (tertiary/aromatic N) is 4. The number of anilines is 2. The molecule has 0 bridgehead atoms. The SMILES string of the molecule is Cc1ccccc1Cn1ccc(NC(=S)Nc2ccn(Cc3ccccc3F)n2)n1. The van der Waals surface area contributed by atoms with Crippen LogP contribution < -0.4 is 10.6 Å². The van der Waals surface area contributed by atoms with Gasteiger partial charge in [-0.1, -0.05) is 42.5 Å². The summed E-state index contributed by atoms with van der Waals surface area (Å²) in [6.45, 7) is 3.12. The zero-order valence-corrected chi connectivity index (χ0v) is 17.2. The van der Waals surface area contributed by atoms with Crippen molar-refractivity contribution >= 4 is 29.0 Å². The summed E-state index contributed by atoms with van der Waals surface area (Å²) in [5.41, 5.74) is 3.02. The first-order chi connectivity index (χ1) is 14.6. The van der Waals surface area contributed by atoms with Crippen molar-refractivity contribution in [3.63, 3.8) is 0 Å². The van der Waals surface area contributed by atoms with Gasteiger partial charge >= 0.3 is 0 Å². The van der Waals surface area contributed by atoms with E-state index in [2.05, 4.69) is 39.9 Å². The molecule has 2 heterocycles. The lowest BCUT2D eigenvalue weighted by atomic mass is 10.1. The maximum atomic E-state index is 13.8. The van der Waals surface area contributed by atoms with E-state index in [-0.39, 0.29) is 5.82 Å². The highest BCUT2D eigenvalue weighted by molar-refractivity contribution is 7.80. The predicted molar refractivity (Wildman–Crippen MR) is 120 cm³/mol. The summed E-state index contributed by atoms with van der Waals surface area (Å²) in [7, 11) is 0. The van der Waals surface area contributed by atoms with Crippen molar-refractivity contribution in [3.05, 3.63) is 95.6 Å². The lowest BCUT2D eigenvalue weighted by Gasteiger charge is -2.07. The zero-order valence-electron chi connectivity index (χ0n) is 16.4. The van der Waals surface area contributed by atoms with Crippen LogP contribution in [0.15, 0.2) is 73.1 Å². The van der Waals surface area contributed by atoms with E-state index in [0.29, 0.717) is 35.4 Å². The maximum absolute atomic E-state index is 13.8. The second-order valence-electron chi connectivity index (χ2n) is 6.89. The van der Waals surface area contributed by atoms with Crippen LogP contribution in [0.4, 0.5) is 16.0 Å². The van der Waals surface area contributed by atoms with Crippen molar-refractivity contribution in [1.82, 2.24) is 19.6 Å². The van der Waals surface area contributed by atoms with E-state index in [4.69, 9.17) is 12.2 Å². The van der Waals surface area contributed by atoms with Gasteiger partial charge in [-0.25, -0.2) is 4.39 Å². The summed E-state index contributed by atoms with van der Waals surface area (Å²) >= 11 is 5.36. The highest BCUT2D eigenvalue weighted by atomic mass is 32.1. The minimum atomic E-state index is -0.249. The van der Waals surface area contributed by atoms with E-state index >= 15 is 0 Å². The molecule has 0 saturated carbocycles. The number of rotatable bonds is 6. The number of nitrogens with one attached hydrogen (secondary N) is 2. The standard InChI is InChI=1S/C22H21FN6S/c1-16-6-2-3-7-17(16)14-28-12-10-20(26-28)24-22(30)25-21-11-13-29(27-21)15-18-8-4-5-9-19(18)23/h2-13H,14-15H2,1H3,(H2,24,25,26,27,30).